The van der Waals surface area contributed by atoms with E-state index in [0.717, 1.165) is 41.0 Å². The van der Waals surface area contributed by atoms with Crippen molar-refractivity contribution >= 4 is 29.3 Å². The highest BCUT2D eigenvalue weighted by Gasteiger charge is 2.05. The molecule has 6 heteroatoms. The quantitative estimate of drug-likeness (QED) is 0.568. The average Bonchev–Trinajstić information content (AvgIpc) is 3.05. The fourth-order valence-electron chi connectivity index (χ4n) is 2.58. The molecule has 1 heterocycles. The van der Waals surface area contributed by atoms with Crippen molar-refractivity contribution in [2.45, 2.75) is 19.4 Å². The number of aromatic amines is 1. The Morgan fingerprint density at radius 2 is 1.88 bits per heavy atom. The van der Waals surface area contributed by atoms with Gasteiger partial charge in [-0.25, -0.2) is 4.98 Å². The molecule has 0 fully saturated rings. The van der Waals surface area contributed by atoms with Crippen LogP contribution in [0.3, 0.4) is 0 Å². The summed E-state index contributed by atoms with van der Waals surface area (Å²) in [5, 5.41) is 5.99. The van der Waals surface area contributed by atoms with Crippen molar-refractivity contribution in [3.63, 3.8) is 0 Å². The first-order valence-electron chi connectivity index (χ1n) is 8.21. The van der Waals surface area contributed by atoms with E-state index in [4.69, 9.17) is 0 Å². The lowest BCUT2D eigenvalue weighted by atomic mass is 10.1. The van der Waals surface area contributed by atoms with Gasteiger partial charge in [0.2, 0.25) is 5.91 Å². The third-order valence-corrected chi connectivity index (χ3v) is 3.94. The van der Waals surface area contributed by atoms with Crippen LogP contribution in [-0.4, -0.2) is 29.5 Å². The first kappa shape index (κ1) is 19.0. The Morgan fingerprint density at radius 1 is 1.12 bits per heavy atom. The first-order chi connectivity index (χ1) is 11.8. The number of carbonyl (C=O) groups is 1. The van der Waals surface area contributed by atoms with E-state index in [0.29, 0.717) is 13.0 Å². The average molecular weight is 359 g/mol. The van der Waals surface area contributed by atoms with Crippen molar-refractivity contribution in [1.29, 1.82) is 0 Å². The lowest BCUT2D eigenvalue weighted by Crippen LogP contribution is -2.23. The van der Waals surface area contributed by atoms with Crippen molar-refractivity contribution in [3.05, 3.63) is 54.1 Å². The summed E-state index contributed by atoms with van der Waals surface area (Å²) in [5.41, 5.74) is 4.11. The molecule has 0 aliphatic heterocycles. The molecule has 25 heavy (non-hydrogen) atoms. The Hall–Kier alpha value is -2.37. The van der Waals surface area contributed by atoms with Gasteiger partial charge in [0.1, 0.15) is 5.82 Å². The van der Waals surface area contributed by atoms with Crippen LogP contribution in [-0.2, 0) is 11.3 Å². The van der Waals surface area contributed by atoms with E-state index in [1.54, 1.807) is 0 Å². The van der Waals surface area contributed by atoms with Gasteiger partial charge in [-0.05, 0) is 37.7 Å². The molecule has 0 saturated carbocycles. The Balaban J connectivity index is 0.00000225. The maximum Gasteiger partial charge on any atom is 0.220 e. The first-order valence-corrected chi connectivity index (χ1v) is 8.21. The van der Waals surface area contributed by atoms with Crippen LogP contribution in [0.5, 0.6) is 0 Å². The minimum Gasteiger partial charge on any atom is -0.352 e. The van der Waals surface area contributed by atoms with Gasteiger partial charge in [-0.15, -0.1) is 12.4 Å². The summed E-state index contributed by atoms with van der Waals surface area (Å²) in [6.07, 6.45) is 1.41. The van der Waals surface area contributed by atoms with Crippen molar-refractivity contribution < 1.29 is 4.79 Å². The largest absolute Gasteiger partial charge is 0.352 e. The molecule has 0 unspecified atom stereocenters. The van der Waals surface area contributed by atoms with Crippen LogP contribution < -0.4 is 10.6 Å². The second-order valence-electron chi connectivity index (χ2n) is 5.78. The molecule has 0 bridgehead atoms. The molecular formula is C19H23ClN4O. The Kier molecular flexibility index (Phi) is 6.98. The summed E-state index contributed by atoms with van der Waals surface area (Å²) >= 11 is 0. The second-order valence-corrected chi connectivity index (χ2v) is 5.78. The maximum atomic E-state index is 11.7. The third-order valence-electron chi connectivity index (χ3n) is 3.94. The van der Waals surface area contributed by atoms with E-state index in [-0.39, 0.29) is 18.3 Å². The Bertz CT molecular complexity index is 781. The second kappa shape index (κ2) is 9.20. The number of rotatable bonds is 7. The molecule has 0 aliphatic rings. The highest BCUT2D eigenvalue weighted by Crippen LogP contribution is 2.20. The number of hydrogen-bond acceptors (Lipinski definition) is 3. The van der Waals surface area contributed by atoms with Crippen LogP contribution in [0, 0.1) is 0 Å². The normalized spacial score (nSPS) is 10.4. The number of para-hydroxylation sites is 2. The van der Waals surface area contributed by atoms with E-state index in [1.807, 2.05) is 55.6 Å². The Morgan fingerprint density at radius 3 is 2.60 bits per heavy atom. The highest BCUT2D eigenvalue weighted by molar-refractivity contribution is 5.85. The predicted molar refractivity (Wildman–Crippen MR) is 104 cm³/mol. The number of nitrogens with one attached hydrogen (secondary N) is 3. The summed E-state index contributed by atoms with van der Waals surface area (Å²) in [6, 6.07) is 16.1. The molecule has 0 radical (unpaired) electrons. The summed E-state index contributed by atoms with van der Waals surface area (Å²) < 4.78 is 0. The zero-order valence-electron chi connectivity index (χ0n) is 14.2. The van der Waals surface area contributed by atoms with Gasteiger partial charge in [0.05, 0.1) is 11.0 Å². The number of amides is 1. The van der Waals surface area contributed by atoms with E-state index in [9.17, 15) is 4.79 Å². The van der Waals surface area contributed by atoms with Gasteiger partial charge in [-0.3, -0.25) is 4.79 Å². The standard InChI is InChI=1S/C19H22N4O.ClH/c1-20-12-4-7-18(24)21-13-14-8-10-15(11-9-14)19-22-16-5-2-3-6-17(16)23-19;/h2-3,5-6,8-11,20H,4,7,12-13H2,1H3,(H,21,24)(H,22,23);1H. The van der Waals surface area contributed by atoms with Gasteiger partial charge in [-0.1, -0.05) is 36.4 Å². The van der Waals surface area contributed by atoms with E-state index < -0.39 is 0 Å². The molecule has 3 rings (SSSR count). The minimum absolute atomic E-state index is 0. The number of benzene rings is 2. The number of hydrogen-bond donors (Lipinski definition) is 3. The van der Waals surface area contributed by atoms with Crippen molar-refractivity contribution in [2.75, 3.05) is 13.6 Å². The van der Waals surface area contributed by atoms with E-state index in [2.05, 4.69) is 20.6 Å². The van der Waals surface area contributed by atoms with Crippen LogP contribution >= 0.6 is 12.4 Å². The molecular weight excluding hydrogens is 336 g/mol. The molecule has 1 amide bonds. The lowest BCUT2D eigenvalue weighted by Gasteiger charge is -2.06. The van der Waals surface area contributed by atoms with Crippen LogP contribution in [0.15, 0.2) is 48.5 Å². The fraction of sp³-hybridized carbons (Fsp3) is 0.263. The summed E-state index contributed by atoms with van der Waals surface area (Å²) in [4.78, 5) is 19.6. The smallest absolute Gasteiger partial charge is 0.220 e. The summed E-state index contributed by atoms with van der Waals surface area (Å²) in [5.74, 6) is 0.950. The summed E-state index contributed by atoms with van der Waals surface area (Å²) in [6.45, 7) is 1.42. The van der Waals surface area contributed by atoms with Gasteiger partial charge in [0.25, 0.3) is 0 Å². The molecule has 1 aromatic heterocycles. The van der Waals surface area contributed by atoms with Gasteiger partial charge < -0.3 is 15.6 Å². The molecule has 2 aromatic carbocycles. The number of imidazole rings is 1. The molecule has 0 aliphatic carbocycles. The van der Waals surface area contributed by atoms with Crippen LogP contribution in [0.25, 0.3) is 22.4 Å². The Labute approximate surface area is 153 Å². The monoisotopic (exact) mass is 358 g/mol. The molecule has 0 atom stereocenters. The SMILES string of the molecule is CNCCCC(=O)NCc1ccc(-c2nc3ccccc3[nH]2)cc1.Cl. The van der Waals surface area contributed by atoms with E-state index >= 15 is 0 Å². The van der Waals surface area contributed by atoms with Gasteiger partial charge in [0.15, 0.2) is 0 Å². The van der Waals surface area contributed by atoms with Crippen LogP contribution in [0.2, 0.25) is 0 Å². The zero-order valence-corrected chi connectivity index (χ0v) is 15.0. The number of aromatic nitrogens is 2. The van der Waals surface area contributed by atoms with Crippen molar-refractivity contribution in [3.8, 4) is 11.4 Å². The van der Waals surface area contributed by atoms with Gasteiger partial charge in [0, 0.05) is 18.5 Å². The fourth-order valence-corrected chi connectivity index (χ4v) is 2.58. The summed E-state index contributed by atoms with van der Waals surface area (Å²) in [7, 11) is 1.89. The number of halogens is 1. The topological polar surface area (TPSA) is 69.8 Å². The van der Waals surface area contributed by atoms with Crippen LogP contribution in [0.1, 0.15) is 18.4 Å². The zero-order chi connectivity index (χ0) is 16.8. The predicted octanol–water partition coefficient (Wildman–Crippen LogP) is 3.27. The van der Waals surface area contributed by atoms with Crippen molar-refractivity contribution in [2.24, 2.45) is 0 Å². The molecule has 3 N–H and O–H groups in total. The lowest BCUT2D eigenvalue weighted by molar-refractivity contribution is -0.121. The highest BCUT2D eigenvalue weighted by atomic mass is 35.5. The molecule has 0 spiro atoms. The number of fused-ring (bicyclic) bond motifs is 1. The molecule has 3 aromatic rings. The van der Waals surface area contributed by atoms with Crippen LogP contribution in [0.4, 0.5) is 0 Å². The molecule has 5 nitrogen and oxygen atoms in total. The maximum absolute atomic E-state index is 11.7. The molecule has 0 saturated heterocycles. The van der Waals surface area contributed by atoms with Gasteiger partial charge >= 0.3 is 0 Å². The third kappa shape index (κ3) is 5.05. The number of carbonyl (C=O) groups excluding carboxylic acids is 1. The van der Waals surface area contributed by atoms with E-state index in [1.165, 1.54) is 0 Å². The molecule has 132 valence electrons. The van der Waals surface area contributed by atoms with Gasteiger partial charge in [-0.2, -0.15) is 0 Å². The van der Waals surface area contributed by atoms with Crippen molar-refractivity contribution in [1.82, 2.24) is 20.6 Å². The minimum atomic E-state index is 0. The number of nitrogens with zero attached hydrogens (tertiary/aromatic N) is 1. The number of H-pyrrole nitrogens is 1.